The van der Waals surface area contributed by atoms with Crippen molar-refractivity contribution in [3.63, 3.8) is 0 Å². The van der Waals surface area contributed by atoms with E-state index >= 15 is 0 Å². The number of piperidine rings is 1. The van der Waals surface area contributed by atoms with Crippen LogP contribution in [0.15, 0.2) is 0 Å². The van der Waals surface area contributed by atoms with Crippen LogP contribution in [0.5, 0.6) is 0 Å². The fourth-order valence-corrected chi connectivity index (χ4v) is 3.93. The first-order valence-electron chi connectivity index (χ1n) is 8.60. The topological polar surface area (TPSA) is 146 Å². The Kier molecular flexibility index (Phi) is 6.02. The average molecular weight is 407 g/mol. The van der Waals surface area contributed by atoms with Gasteiger partial charge in [0.05, 0.1) is 24.2 Å². The van der Waals surface area contributed by atoms with E-state index in [9.17, 15) is 22.8 Å². The van der Waals surface area contributed by atoms with Gasteiger partial charge in [0.2, 0.25) is 5.91 Å². The molecule has 0 spiro atoms. The van der Waals surface area contributed by atoms with Crippen LogP contribution in [-0.4, -0.2) is 67.6 Å². The Morgan fingerprint density at radius 3 is 2.52 bits per heavy atom. The van der Waals surface area contributed by atoms with E-state index in [0.29, 0.717) is 17.9 Å². The Morgan fingerprint density at radius 2 is 1.96 bits per heavy atom. The normalized spacial score (nSPS) is 24.1. The zero-order valence-electron chi connectivity index (χ0n) is 15.7. The van der Waals surface area contributed by atoms with E-state index in [1.54, 1.807) is 6.92 Å². The molecule has 2 N–H and O–H groups in total. The van der Waals surface area contributed by atoms with Gasteiger partial charge in [-0.2, -0.15) is 13.5 Å². The van der Waals surface area contributed by atoms with E-state index in [4.69, 9.17) is 18.9 Å². The first kappa shape index (κ1) is 21.4. The number of fused-ring (bicyclic) bond motifs is 2. The molecule has 0 aromatic carbocycles. The highest BCUT2D eigenvalue weighted by molar-refractivity contribution is 7.81. The van der Waals surface area contributed by atoms with E-state index in [1.807, 2.05) is 0 Å². The Bertz CT molecular complexity index is 723. The van der Waals surface area contributed by atoms with Gasteiger partial charge in [-0.25, -0.2) is 8.98 Å². The number of nitrogens with zero attached hydrogens (tertiary/aromatic N) is 2. The molecule has 2 saturated heterocycles. The number of amides is 3. The highest BCUT2D eigenvalue weighted by Crippen LogP contribution is 2.32. The second-order valence-corrected chi connectivity index (χ2v) is 8.23. The first-order valence-corrected chi connectivity index (χ1v) is 9.93. The second-order valence-electron chi connectivity index (χ2n) is 7.07. The van der Waals surface area contributed by atoms with Crippen molar-refractivity contribution < 1.29 is 36.0 Å². The molecule has 2 aliphatic heterocycles. The molecular formula is C15H25N3O8S. The maximum atomic E-state index is 12.4. The largest absolute Gasteiger partial charge is 0.466 e. The van der Waals surface area contributed by atoms with E-state index in [2.05, 4.69) is 0 Å². The number of carbonyl (C=O) groups is 3. The lowest BCUT2D eigenvalue weighted by Crippen LogP contribution is -2.47. The summed E-state index contributed by atoms with van der Waals surface area (Å²) in [7, 11) is -4.65. The molecule has 3 amide bonds. The van der Waals surface area contributed by atoms with Crippen molar-refractivity contribution >= 4 is 28.3 Å². The van der Waals surface area contributed by atoms with Crippen molar-refractivity contribution in [2.45, 2.75) is 58.7 Å². The van der Waals surface area contributed by atoms with Crippen LogP contribution >= 0.6 is 0 Å². The van der Waals surface area contributed by atoms with Gasteiger partial charge in [0, 0.05) is 6.54 Å². The van der Waals surface area contributed by atoms with Crippen LogP contribution in [-0.2, 0) is 33.2 Å². The number of primary amides is 1. The Balaban J connectivity index is 2.07. The van der Waals surface area contributed by atoms with Gasteiger partial charge in [-0.1, -0.05) is 0 Å². The molecule has 2 fully saturated rings. The third kappa shape index (κ3) is 4.33. The molecule has 12 heteroatoms. The molecule has 2 rings (SSSR count). The molecule has 0 aromatic rings. The van der Waals surface area contributed by atoms with Crippen LogP contribution in [0, 0.1) is 5.41 Å². The van der Waals surface area contributed by atoms with Crippen LogP contribution in [0.3, 0.4) is 0 Å². The number of carbonyl (C=O) groups excluding carboxylic acids is 3. The summed E-state index contributed by atoms with van der Waals surface area (Å²) in [4.78, 5) is 37.0. The minimum atomic E-state index is -4.65. The Morgan fingerprint density at radius 1 is 1.33 bits per heavy atom. The zero-order chi connectivity index (χ0) is 20.6. The van der Waals surface area contributed by atoms with Crippen LogP contribution < -0.4 is 5.73 Å². The maximum absolute atomic E-state index is 12.4. The fourth-order valence-electron chi connectivity index (χ4n) is 2.92. The maximum Gasteiger partial charge on any atom is 0.421 e. The van der Waals surface area contributed by atoms with E-state index in [1.165, 1.54) is 25.7 Å². The standard InChI is InChI=1S/C15H25N3O8S/c1-5-24-13(20)15(3,4)9(2)25-27(22,23)26-18-10-6-7-11(12(16)19)17(8-10)14(18)21/h9-11H,5-8H2,1-4H3,(H2,16,19)/t9?,10-,11?/m1/s1. The number of hydrogen-bond donors (Lipinski definition) is 1. The molecule has 2 bridgehead atoms. The van der Waals surface area contributed by atoms with Crippen molar-refractivity contribution in [2.75, 3.05) is 13.2 Å². The van der Waals surface area contributed by atoms with Gasteiger partial charge < -0.3 is 15.4 Å². The summed E-state index contributed by atoms with van der Waals surface area (Å²) in [6.45, 7) is 6.23. The van der Waals surface area contributed by atoms with E-state index < -0.39 is 51.9 Å². The monoisotopic (exact) mass is 407 g/mol. The van der Waals surface area contributed by atoms with Gasteiger partial charge in [-0.05, 0) is 40.5 Å². The fraction of sp³-hybridized carbons (Fsp3) is 0.800. The molecule has 0 radical (unpaired) electrons. The highest BCUT2D eigenvalue weighted by atomic mass is 32.3. The molecule has 0 aliphatic carbocycles. The van der Waals surface area contributed by atoms with Crippen LogP contribution in [0.25, 0.3) is 0 Å². The number of urea groups is 1. The van der Waals surface area contributed by atoms with Gasteiger partial charge in [0.15, 0.2) is 0 Å². The summed E-state index contributed by atoms with van der Waals surface area (Å²) in [5.41, 5.74) is 4.01. The molecule has 2 heterocycles. The van der Waals surface area contributed by atoms with Crippen LogP contribution in [0.2, 0.25) is 0 Å². The lowest BCUT2D eigenvalue weighted by molar-refractivity contribution is -0.158. The van der Waals surface area contributed by atoms with Gasteiger partial charge in [-0.3, -0.25) is 9.59 Å². The van der Waals surface area contributed by atoms with Crippen molar-refractivity contribution in [2.24, 2.45) is 11.1 Å². The lowest BCUT2D eigenvalue weighted by atomic mass is 9.88. The number of esters is 1. The van der Waals surface area contributed by atoms with Gasteiger partial charge in [0.25, 0.3) is 0 Å². The van der Waals surface area contributed by atoms with E-state index in [-0.39, 0.29) is 13.2 Å². The molecule has 27 heavy (non-hydrogen) atoms. The van der Waals surface area contributed by atoms with Gasteiger partial charge in [0.1, 0.15) is 6.04 Å². The predicted octanol–water partition coefficient (Wildman–Crippen LogP) is -0.0889. The van der Waals surface area contributed by atoms with E-state index in [0.717, 1.165) is 0 Å². The van der Waals surface area contributed by atoms with Crippen molar-refractivity contribution in [1.82, 2.24) is 9.96 Å². The molecule has 2 unspecified atom stereocenters. The zero-order valence-corrected chi connectivity index (χ0v) is 16.5. The lowest BCUT2D eigenvalue weighted by Gasteiger charge is -2.29. The smallest absolute Gasteiger partial charge is 0.421 e. The molecule has 154 valence electrons. The molecule has 0 aromatic heterocycles. The minimum absolute atomic E-state index is 0.131. The van der Waals surface area contributed by atoms with Crippen molar-refractivity contribution in [3.05, 3.63) is 0 Å². The summed E-state index contributed by atoms with van der Waals surface area (Å²) in [5, 5.41) is 0.683. The Hall–Kier alpha value is -1.92. The number of rotatable bonds is 8. The third-order valence-corrected chi connectivity index (χ3v) is 5.77. The number of hydrogen-bond acceptors (Lipinski definition) is 8. The number of nitrogens with two attached hydrogens (primary N) is 1. The SMILES string of the molecule is CCOC(=O)C(C)(C)C(C)OS(=O)(=O)ON1C(=O)N2C[C@H]1CCC2C(N)=O. The molecule has 2 aliphatic rings. The average Bonchev–Trinajstić information content (AvgIpc) is 2.78. The minimum Gasteiger partial charge on any atom is -0.466 e. The number of ether oxygens (including phenoxy) is 1. The summed E-state index contributed by atoms with van der Waals surface area (Å²) >= 11 is 0. The van der Waals surface area contributed by atoms with Crippen LogP contribution in [0.4, 0.5) is 4.79 Å². The predicted molar refractivity (Wildman–Crippen MR) is 90.9 cm³/mol. The summed E-state index contributed by atoms with van der Waals surface area (Å²) in [6, 6.07) is -2.11. The van der Waals surface area contributed by atoms with Gasteiger partial charge >= 0.3 is 22.4 Å². The summed E-state index contributed by atoms with van der Waals surface area (Å²) in [6.07, 6.45) is -0.439. The van der Waals surface area contributed by atoms with Gasteiger partial charge in [-0.15, -0.1) is 4.28 Å². The highest BCUT2D eigenvalue weighted by Gasteiger charge is 2.49. The van der Waals surface area contributed by atoms with Crippen LogP contribution in [0.1, 0.15) is 40.5 Å². The molecular weight excluding hydrogens is 382 g/mol. The summed E-state index contributed by atoms with van der Waals surface area (Å²) in [5.74, 6) is -1.29. The second kappa shape index (κ2) is 7.60. The van der Waals surface area contributed by atoms with Crippen molar-refractivity contribution in [3.8, 4) is 0 Å². The molecule has 0 saturated carbocycles. The number of hydroxylamine groups is 2. The summed E-state index contributed by atoms with van der Waals surface area (Å²) < 4.78 is 39.3. The first-order chi connectivity index (χ1) is 12.4. The van der Waals surface area contributed by atoms with Crippen molar-refractivity contribution in [1.29, 1.82) is 0 Å². The molecule has 3 atom stereocenters. The third-order valence-electron chi connectivity index (χ3n) is 4.90. The Labute approximate surface area is 158 Å². The molecule has 11 nitrogen and oxygen atoms in total. The quantitative estimate of drug-likeness (QED) is 0.549.